The number of methoxy groups -OCH3 is 1. The number of carbonyl (C=O) groups excluding carboxylic acids is 1. The molecule has 1 N–H and O–H groups in total. The van der Waals surface area contributed by atoms with Crippen LogP contribution in [-0.2, 0) is 14.8 Å². The largest absolute Gasteiger partial charge is 0.496 e. The van der Waals surface area contributed by atoms with Gasteiger partial charge in [-0.05, 0) is 70.3 Å². The van der Waals surface area contributed by atoms with E-state index >= 15 is 0 Å². The zero-order valence-corrected chi connectivity index (χ0v) is 21.8. The van der Waals surface area contributed by atoms with Gasteiger partial charge in [0.1, 0.15) is 5.75 Å². The van der Waals surface area contributed by atoms with E-state index < -0.39 is 10.0 Å². The van der Waals surface area contributed by atoms with Crippen LogP contribution >= 0.6 is 0 Å². The summed E-state index contributed by atoms with van der Waals surface area (Å²) < 4.78 is 33.5. The van der Waals surface area contributed by atoms with Gasteiger partial charge < -0.3 is 10.1 Å². The minimum absolute atomic E-state index is 0.00709. The molecule has 4 rings (SSSR count). The third kappa shape index (κ3) is 5.71. The zero-order chi connectivity index (χ0) is 25.0. The molecular weight excluding hydrogens is 462 g/mol. The predicted octanol–water partition coefficient (Wildman–Crippen LogP) is 3.67. The second-order valence-corrected chi connectivity index (χ2v) is 11.6. The highest BCUT2D eigenvalue weighted by Gasteiger charge is 2.33. The summed E-state index contributed by atoms with van der Waals surface area (Å²) >= 11 is 0. The SMILES string of the molecule is COc1ccccc1[C@@H](CNC(=O)C1CCN(S(=O)(=O)c2ccc(C)cc2C)CC1)N1CCCC1. The summed E-state index contributed by atoms with van der Waals surface area (Å²) in [5.41, 5.74) is 2.89. The molecule has 2 saturated heterocycles. The maximum atomic E-state index is 13.2. The molecule has 35 heavy (non-hydrogen) atoms. The van der Waals surface area contributed by atoms with Crippen molar-refractivity contribution in [1.82, 2.24) is 14.5 Å². The van der Waals surface area contributed by atoms with E-state index in [0.29, 0.717) is 37.4 Å². The third-order valence-electron chi connectivity index (χ3n) is 7.32. The second-order valence-electron chi connectivity index (χ2n) is 9.69. The number of carbonyl (C=O) groups is 1. The molecule has 2 aromatic rings. The summed E-state index contributed by atoms with van der Waals surface area (Å²) in [7, 11) is -1.88. The molecule has 0 spiro atoms. The van der Waals surface area contributed by atoms with E-state index in [0.717, 1.165) is 48.4 Å². The van der Waals surface area contributed by atoms with Crippen molar-refractivity contribution in [2.75, 3.05) is 39.8 Å². The second kappa shape index (κ2) is 11.1. The molecule has 2 fully saturated rings. The summed E-state index contributed by atoms with van der Waals surface area (Å²) in [6.45, 7) is 7.03. The van der Waals surface area contributed by atoms with Crippen LogP contribution in [0.2, 0.25) is 0 Å². The van der Waals surface area contributed by atoms with Gasteiger partial charge in [0.25, 0.3) is 0 Å². The molecule has 1 atom stereocenters. The van der Waals surface area contributed by atoms with Crippen molar-refractivity contribution in [1.29, 1.82) is 0 Å². The van der Waals surface area contributed by atoms with Gasteiger partial charge in [-0.1, -0.05) is 35.9 Å². The molecule has 0 saturated carbocycles. The molecule has 2 heterocycles. The molecule has 2 aliphatic rings. The van der Waals surface area contributed by atoms with Crippen LogP contribution in [0.1, 0.15) is 48.4 Å². The summed E-state index contributed by atoms with van der Waals surface area (Å²) in [4.78, 5) is 15.9. The number of hydrogen-bond acceptors (Lipinski definition) is 5. The lowest BCUT2D eigenvalue weighted by Crippen LogP contribution is -2.44. The Balaban J connectivity index is 1.38. The van der Waals surface area contributed by atoms with Gasteiger partial charge in [-0.2, -0.15) is 4.31 Å². The smallest absolute Gasteiger partial charge is 0.243 e. The number of piperidine rings is 1. The number of aryl methyl sites for hydroxylation is 2. The van der Waals surface area contributed by atoms with E-state index in [1.807, 2.05) is 44.2 Å². The summed E-state index contributed by atoms with van der Waals surface area (Å²) in [6.07, 6.45) is 3.37. The summed E-state index contributed by atoms with van der Waals surface area (Å²) in [5, 5.41) is 3.18. The van der Waals surface area contributed by atoms with Gasteiger partial charge in [0.2, 0.25) is 15.9 Å². The standard InChI is InChI=1S/C27H37N3O4S/c1-20-10-11-26(21(2)18-20)35(32,33)30-16-12-22(13-17-30)27(31)28-19-24(29-14-6-7-15-29)23-8-4-5-9-25(23)34-3/h4-5,8-11,18,22,24H,6-7,12-17,19H2,1-3H3,(H,28,31)/t24-/m1/s1. The number of amides is 1. The first-order valence-electron chi connectivity index (χ1n) is 12.5. The van der Waals surface area contributed by atoms with Crippen LogP contribution in [0.3, 0.4) is 0 Å². The van der Waals surface area contributed by atoms with Gasteiger partial charge in [-0.25, -0.2) is 8.42 Å². The zero-order valence-electron chi connectivity index (χ0n) is 21.0. The van der Waals surface area contributed by atoms with Crippen molar-refractivity contribution in [3.63, 3.8) is 0 Å². The number of likely N-dealkylation sites (tertiary alicyclic amines) is 1. The lowest BCUT2D eigenvalue weighted by Gasteiger charge is -2.32. The molecule has 0 aliphatic carbocycles. The van der Waals surface area contributed by atoms with E-state index in [2.05, 4.69) is 16.3 Å². The Bertz CT molecular complexity index is 1140. The van der Waals surface area contributed by atoms with Crippen LogP contribution in [0.4, 0.5) is 0 Å². The highest BCUT2D eigenvalue weighted by atomic mass is 32.2. The Morgan fingerprint density at radius 1 is 1.06 bits per heavy atom. The van der Waals surface area contributed by atoms with Crippen LogP contribution < -0.4 is 10.1 Å². The molecule has 2 aromatic carbocycles. The molecule has 0 unspecified atom stereocenters. The molecule has 7 nitrogen and oxygen atoms in total. The third-order valence-corrected chi connectivity index (χ3v) is 9.38. The number of rotatable bonds is 8. The van der Waals surface area contributed by atoms with Crippen molar-refractivity contribution >= 4 is 15.9 Å². The molecule has 8 heteroatoms. The Hall–Kier alpha value is -2.42. The minimum atomic E-state index is -3.56. The summed E-state index contributed by atoms with van der Waals surface area (Å²) in [5.74, 6) is 0.661. The maximum Gasteiger partial charge on any atom is 0.243 e. The average molecular weight is 500 g/mol. The van der Waals surface area contributed by atoms with E-state index in [-0.39, 0.29) is 17.9 Å². The van der Waals surface area contributed by atoms with Crippen molar-refractivity contribution in [3.8, 4) is 5.75 Å². The lowest BCUT2D eigenvalue weighted by atomic mass is 9.96. The number of para-hydroxylation sites is 1. The fourth-order valence-corrected chi connectivity index (χ4v) is 7.03. The monoisotopic (exact) mass is 499 g/mol. The Kier molecular flexibility index (Phi) is 8.14. The molecule has 0 radical (unpaired) electrons. The van der Waals surface area contributed by atoms with E-state index in [1.165, 1.54) is 4.31 Å². The number of ether oxygens (including phenoxy) is 1. The Labute approximate surface area is 209 Å². The molecule has 0 bridgehead atoms. The van der Waals surface area contributed by atoms with Gasteiger partial charge in [-0.15, -0.1) is 0 Å². The quantitative estimate of drug-likeness (QED) is 0.600. The van der Waals surface area contributed by atoms with Crippen LogP contribution in [-0.4, -0.2) is 63.4 Å². The van der Waals surface area contributed by atoms with E-state index in [9.17, 15) is 13.2 Å². The number of nitrogens with zero attached hydrogens (tertiary/aromatic N) is 2. The van der Waals surface area contributed by atoms with Crippen molar-refractivity contribution in [2.24, 2.45) is 5.92 Å². The van der Waals surface area contributed by atoms with Crippen molar-refractivity contribution in [3.05, 3.63) is 59.2 Å². The fraction of sp³-hybridized carbons (Fsp3) is 0.519. The number of hydrogen-bond donors (Lipinski definition) is 1. The Morgan fingerprint density at radius 3 is 2.40 bits per heavy atom. The van der Waals surface area contributed by atoms with Gasteiger partial charge in [0, 0.05) is 31.1 Å². The average Bonchev–Trinajstić information content (AvgIpc) is 3.39. The first-order chi connectivity index (χ1) is 16.8. The summed E-state index contributed by atoms with van der Waals surface area (Å²) in [6, 6.07) is 13.5. The van der Waals surface area contributed by atoms with Crippen molar-refractivity contribution in [2.45, 2.75) is 50.5 Å². The van der Waals surface area contributed by atoms with Gasteiger partial charge in [0.15, 0.2) is 0 Å². The number of benzene rings is 2. The van der Waals surface area contributed by atoms with E-state index in [1.54, 1.807) is 13.2 Å². The molecule has 2 aliphatic heterocycles. The topological polar surface area (TPSA) is 79.0 Å². The van der Waals surface area contributed by atoms with Gasteiger partial charge >= 0.3 is 0 Å². The first kappa shape index (κ1) is 25.7. The van der Waals surface area contributed by atoms with Crippen molar-refractivity contribution < 1.29 is 17.9 Å². The number of nitrogens with one attached hydrogen (secondary N) is 1. The predicted molar refractivity (Wildman–Crippen MR) is 137 cm³/mol. The molecule has 1 amide bonds. The van der Waals surface area contributed by atoms with Crippen LogP contribution in [0.5, 0.6) is 5.75 Å². The maximum absolute atomic E-state index is 13.2. The first-order valence-corrected chi connectivity index (χ1v) is 14.0. The number of sulfonamides is 1. The van der Waals surface area contributed by atoms with Crippen LogP contribution in [0.25, 0.3) is 0 Å². The highest BCUT2D eigenvalue weighted by Crippen LogP contribution is 2.32. The highest BCUT2D eigenvalue weighted by molar-refractivity contribution is 7.89. The van der Waals surface area contributed by atoms with E-state index in [4.69, 9.17) is 4.74 Å². The van der Waals surface area contributed by atoms with Crippen LogP contribution in [0, 0.1) is 19.8 Å². The van der Waals surface area contributed by atoms with Crippen LogP contribution in [0.15, 0.2) is 47.4 Å². The molecular formula is C27H37N3O4S. The normalized spacial score (nSPS) is 18.9. The van der Waals surface area contributed by atoms with Gasteiger partial charge in [0.05, 0.1) is 18.0 Å². The molecule has 190 valence electrons. The van der Waals surface area contributed by atoms with Gasteiger partial charge in [-0.3, -0.25) is 9.69 Å². The Morgan fingerprint density at radius 2 is 1.74 bits per heavy atom. The minimum Gasteiger partial charge on any atom is -0.496 e. The molecule has 0 aromatic heterocycles. The fourth-order valence-electron chi connectivity index (χ4n) is 5.36. The lowest BCUT2D eigenvalue weighted by molar-refractivity contribution is -0.126.